The molecule has 0 N–H and O–H groups in total. The monoisotopic (exact) mass is 342 g/mol. The van der Waals surface area contributed by atoms with Crippen LogP contribution in [0.15, 0.2) is 42.5 Å². The molecule has 134 valence electrons. The predicted octanol–water partition coefficient (Wildman–Crippen LogP) is 6.43. The molecule has 0 aliphatic rings. The Morgan fingerprint density at radius 3 is 2.20 bits per heavy atom. The summed E-state index contributed by atoms with van der Waals surface area (Å²) in [6.07, 6.45) is 7.09. The van der Waals surface area contributed by atoms with Crippen LogP contribution in [0, 0.1) is 5.82 Å². The summed E-state index contributed by atoms with van der Waals surface area (Å²) in [7, 11) is 0. The van der Waals surface area contributed by atoms with Gasteiger partial charge in [0.05, 0.1) is 6.61 Å². The molecule has 0 fully saturated rings. The Bertz CT molecular complexity index is 677. The Kier molecular flexibility index (Phi) is 7.65. The second-order valence-electron chi connectivity index (χ2n) is 6.39. The zero-order valence-corrected chi connectivity index (χ0v) is 15.2. The number of benzene rings is 2. The number of hydrogen-bond acceptors (Lipinski definition) is 2. The van der Waals surface area contributed by atoms with Crippen LogP contribution in [0.2, 0.25) is 0 Å². The fourth-order valence-corrected chi connectivity index (χ4v) is 2.76. The predicted molar refractivity (Wildman–Crippen MR) is 101 cm³/mol. The van der Waals surface area contributed by atoms with Gasteiger partial charge in [-0.3, -0.25) is 4.79 Å². The number of halogens is 1. The molecule has 0 spiro atoms. The van der Waals surface area contributed by atoms with E-state index in [-0.39, 0.29) is 11.6 Å². The van der Waals surface area contributed by atoms with Crippen LogP contribution in [0.3, 0.4) is 0 Å². The molecule has 0 aromatic heterocycles. The molecular weight excluding hydrogens is 315 g/mol. The maximum atomic E-state index is 14.2. The van der Waals surface area contributed by atoms with Crippen LogP contribution in [0.5, 0.6) is 5.75 Å². The van der Waals surface area contributed by atoms with Crippen molar-refractivity contribution in [3.05, 3.63) is 53.8 Å². The average molecular weight is 342 g/mol. The van der Waals surface area contributed by atoms with Gasteiger partial charge in [0.2, 0.25) is 0 Å². The molecule has 0 saturated heterocycles. The SMILES string of the molecule is CCCCCCCCOc1ccc(-c2ccc(C(C)=O)cc2)cc1F. The number of hydrogen-bond donors (Lipinski definition) is 0. The zero-order chi connectivity index (χ0) is 18.1. The highest BCUT2D eigenvalue weighted by molar-refractivity contribution is 5.94. The van der Waals surface area contributed by atoms with E-state index in [1.165, 1.54) is 38.7 Å². The number of carbonyl (C=O) groups excluding carboxylic acids is 1. The third-order valence-electron chi connectivity index (χ3n) is 4.31. The minimum Gasteiger partial charge on any atom is -0.491 e. The minimum absolute atomic E-state index is 0.0242. The first-order chi connectivity index (χ1) is 12.1. The van der Waals surface area contributed by atoms with Gasteiger partial charge in [-0.15, -0.1) is 0 Å². The molecule has 0 heterocycles. The fraction of sp³-hybridized carbons (Fsp3) is 0.409. The summed E-state index contributed by atoms with van der Waals surface area (Å²) in [5, 5.41) is 0. The number of Topliss-reactive ketones (excluding diaryl/α,β-unsaturated/α-hetero) is 1. The molecule has 0 saturated carbocycles. The highest BCUT2D eigenvalue weighted by atomic mass is 19.1. The van der Waals surface area contributed by atoms with Gasteiger partial charge in [0.15, 0.2) is 17.3 Å². The van der Waals surface area contributed by atoms with Crippen LogP contribution >= 0.6 is 0 Å². The number of ketones is 1. The van der Waals surface area contributed by atoms with Crippen molar-refractivity contribution in [2.24, 2.45) is 0 Å². The van der Waals surface area contributed by atoms with E-state index < -0.39 is 0 Å². The highest BCUT2D eigenvalue weighted by Crippen LogP contribution is 2.26. The highest BCUT2D eigenvalue weighted by Gasteiger charge is 2.07. The second kappa shape index (κ2) is 9.97. The number of unbranched alkanes of at least 4 members (excludes halogenated alkanes) is 5. The van der Waals surface area contributed by atoms with Gasteiger partial charge in [-0.1, -0.05) is 69.4 Å². The van der Waals surface area contributed by atoms with E-state index in [1.54, 1.807) is 18.2 Å². The van der Waals surface area contributed by atoms with Gasteiger partial charge in [0.1, 0.15) is 0 Å². The van der Waals surface area contributed by atoms with Gasteiger partial charge in [0.25, 0.3) is 0 Å². The lowest BCUT2D eigenvalue weighted by Crippen LogP contribution is -1.99. The topological polar surface area (TPSA) is 26.3 Å². The van der Waals surface area contributed by atoms with Crippen LogP contribution in [0.1, 0.15) is 62.7 Å². The van der Waals surface area contributed by atoms with Gasteiger partial charge in [-0.25, -0.2) is 4.39 Å². The molecule has 25 heavy (non-hydrogen) atoms. The Balaban J connectivity index is 1.88. The number of carbonyl (C=O) groups is 1. The molecule has 0 amide bonds. The van der Waals surface area contributed by atoms with Crippen molar-refractivity contribution in [2.75, 3.05) is 6.61 Å². The summed E-state index contributed by atoms with van der Waals surface area (Å²) in [6, 6.07) is 12.2. The van der Waals surface area contributed by atoms with Gasteiger partial charge in [-0.2, -0.15) is 0 Å². The van der Waals surface area contributed by atoms with Crippen LogP contribution in [-0.2, 0) is 0 Å². The van der Waals surface area contributed by atoms with Crippen LogP contribution < -0.4 is 4.74 Å². The largest absolute Gasteiger partial charge is 0.491 e. The summed E-state index contributed by atoms with van der Waals surface area (Å²) < 4.78 is 19.8. The van der Waals surface area contributed by atoms with Gasteiger partial charge >= 0.3 is 0 Å². The number of rotatable bonds is 10. The Morgan fingerprint density at radius 2 is 1.56 bits per heavy atom. The maximum Gasteiger partial charge on any atom is 0.165 e. The van der Waals surface area contributed by atoms with E-state index in [0.717, 1.165) is 24.0 Å². The van der Waals surface area contributed by atoms with E-state index in [2.05, 4.69) is 6.92 Å². The van der Waals surface area contributed by atoms with E-state index in [9.17, 15) is 9.18 Å². The maximum absolute atomic E-state index is 14.2. The van der Waals surface area contributed by atoms with Crippen LogP contribution in [0.25, 0.3) is 11.1 Å². The quantitative estimate of drug-likeness (QED) is 0.367. The molecule has 0 aliphatic heterocycles. The third-order valence-corrected chi connectivity index (χ3v) is 4.31. The lowest BCUT2D eigenvalue weighted by Gasteiger charge is -2.09. The molecule has 0 radical (unpaired) electrons. The smallest absolute Gasteiger partial charge is 0.165 e. The molecule has 2 rings (SSSR count). The number of ether oxygens (including phenoxy) is 1. The third kappa shape index (κ3) is 6.00. The fourth-order valence-electron chi connectivity index (χ4n) is 2.76. The van der Waals surface area contributed by atoms with Crippen LogP contribution in [0.4, 0.5) is 4.39 Å². The molecule has 2 aromatic carbocycles. The van der Waals surface area contributed by atoms with Crippen molar-refractivity contribution in [2.45, 2.75) is 52.4 Å². The summed E-state index contributed by atoms with van der Waals surface area (Å²) in [5.41, 5.74) is 2.31. The summed E-state index contributed by atoms with van der Waals surface area (Å²) >= 11 is 0. The summed E-state index contributed by atoms with van der Waals surface area (Å²) in [5.74, 6) is -0.0204. The normalized spacial score (nSPS) is 10.7. The summed E-state index contributed by atoms with van der Waals surface area (Å²) in [4.78, 5) is 11.3. The molecule has 0 bridgehead atoms. The van der Waals surface area contributed by atoms with Gasteiger partial charge in [0, 0.05) is 5.56 Å². The molecule has 0 aliphatic carbocycles. The second-order valence-corrected chi connectivity index (χ2v) is 6.39. The van der Waals surface area contributed by atoms with E-state index >= 15 is 0 Å². The van der Waals surface area contributed by atoms with Gasteiger partial charge in [-0.05, 0) is 36.6 Å². The first-order valence-corrected chi connectivity index (χ1v) is 9.15. The Hall–Kier alpha value is -2.16. The zero-order valence-electron chi connectivity index (χ0n) is 15.2. The first-order valence-electron chi connectivity index (χ1n) is 9.15. The molecule has 0 atom stereocenters. The van der Waals surface area contributed by atoms with E-state index in [4.69, 9.17) is 4.74 Å². The van der Waals surface area contributed by atoms with Crippen molar-refractivity contribution in [3.63, 3.8) is 0 Å². The molecule has 2 nitrogen and oxygen atoms in total. The Labute approximate surface area is 150 Å². The van der Waals surface area contributed by atoms with Crippen molar-refractivity contribution in [1.29, 1.82) is 0 Å². The van der Waals surface area contributed by atoms with Crippen LogP contribution in [-0.4, -0.2) is 12.4 Å². The van der Waals surface area contributed by atoms with Crippen molar-refractivity contribution in [1.82, 2.24) is 0 Å². The van der Waals surface area contributed by atoms with Gasteiger partial charge < -0.3 is 4.74 Å². The average Bonchev–Trinajstić information content (AvgIpc) is 2.62. The molecule has 3 heteroatoms. The van der Waals surface area contributed by atoms with E-state index in [1.807, 2.05) is 18.2 Å². The minimum atomic E-state index is -0.348. The first kappa shape index (κ1) is 19.2. The lowest BCUT2D eigenvalue weighted by molar-refractivity contribution is 0.101. The van der Waals surface area contributed by atoms with Crippen molar-refractivity contribution in [3.8, 4) is 16.9 Å². The molecular formula is C22H27FO2. The lowest BCUT2D eigenvalue weighted by atomic mass is 10.0. The molecule has 0 unspecified atom stereocenters. The van der Waals surface area contributed by atoms with Crippen molar-refractivity contribution >= 4 is 5.78 Å². The summed E-state index contributed by atoms with van der Waals surface area (Å²) in [6.45, 7) is 4.29. The van der Waals surface area contributed by atoms with E-state index in [0.29, 0.717) is 17.9 Å². The van der Waals surface area contributed by atoms with Crippen molar-refractivity contribution < 1.29 is 13.9 Å². The standard InChI is InChI=1S/C22H27FO2/c1-3-4-5-6-7-8-15-25-22-14-13-20(16-21(22)23)19-11-9-18(10-12-19)17(2)24/h9-14,16H,3-8,15H2,1-2H3. The molecule has 2 aromatic rings. The Morgan fingerprint density at radius 1 is 0.920 bits per heavy atom.